The van der Waals surface area contributed by atoms with E-state index < -0.39 is 65.8 Å². The van der Waals surface area contributed by atoms with Crippen molar-refractivity contribution in [2.75, 3.05) is 86.5 Å². The van der Waals surface area contributed by atoms with Crippen LogP contribution in [0, 0.1) is 5.82 Å². The van der Waals surface area contributed by atoms with Crippen LogP contribution in [0.3, 0.4) is 0 Å². The fourth-order valence-corrected chi connectivity index (χ4v) is 9.78. The molecule has 3 saturated heterocycles. The largest absolute Gasteiger partial charge is 0.495 e. The van der Waals surface area contributed by atoms with E-state index in [4.69, 9.17) is 4.74 Å². The summed E-state index contributed by atoms with van der Waals surface area (Å²) in [6.07, 6.45) is 4.79. The lowest BCUT2D eigenvalue weighted by Crippen LogP contribution is -2.54. The number of hydrogen-bond donors (Lipinski definition) is 3. The Morgan fingerprint density at radius 2 is 1.71 bits per heavy atom. The molecule has 19 nitrogen and oxygen atoms in total. The quantitative estimate of drug-likeness (QED) is 0.250. The molecule has 0 bridgehead atoms. The van der Waals surface area contributed by atoms with Crippen LogP contribution in [0.25, 0.3) is 0 Å². The Hall–Kier alpha value is -6.84. The van der Waals surface area contributed by atoms with Crippen molar-refractivity contribution in [3.05, 3.63) is 59.0 Å². The predicted molar refractivity (Wildman–Crippen MR) is 230 cm³/mol. The minimum absolute atomic E-state index is 0.0193. The van der Waals surface area contributed by atoms with Gasteiger partial charge < -0.3 is 35.0 Å². The third-order valence-electron chi connectivity index (χ3n) is 13.3. The van der Waals surface area contributed by atoms with Crippen molar-refractivity contribution in [1.29, 1.82) is 0 Å². The highest BCUT2D eigenvalue weighted by Crippen LogP contribution is 2.41. The zero-order chi connectivity index (χ0) is 46.6. The molecule has 66 heavy (non-hydrogen) atoms. The number of amides is 7. The molecule has 1 aliphatic carbocycles. The van der Waals surface area contributed by atoms with Gasteiger partial charge in [0, 0.05) is 70.9 Å². The van der Waals surface area contributed by atoms with Crippen LogP contribution < -0.4 is 35.4 Å². The molecule has 2 atom stereocenters. The zero-order valence-electron chi connectivity index (χ0n) is 36.3. The van der Waals surface area contributed by atoms with Crippen LogP contribution in [0.4, 0.5) is 42.0 Å². The number of imide groups is 2. The summed E-state index contributed by atoms with van der Waals surface area (Å²) in [6.45, 7) is 1.69. The monoisotopic (exact) mass is 915 g/mol. The second kappa shape index (κ2) is 17.5. The van der Waals surface area contributed by atoms with Crippen LogP contribution in [0.15, 0.2) is 36.5 Å². The van der Waals surface area contributed by atoms with E-state index in [2.05, 4.69) is 25.9 Å². The van der Waals surface area contributed by atoms with Crippen molar-refractivity contribution in [2.24, 2.45) is 0 Å². The summed E-state index contributed by atoms with van der Waals surface area (Å²) in [6, 6.07) is 5.45. The van der Waals surface area contributed by atoms with Gasteiger partial charge >= 0.3 is 5.92 Å². The van der Waals surface area contributed by atoms with E-state index in [0.29, 0.717) is 57.7 Å². The van der Waals surface area contributed by atoms with Crippen molar-refractivity contribution >= 4 is 70.2 Å². The Kier molecular flexibility index (Phi) is 11.8. The minimum Gasteiger partial charge on any atom is -0.495 e. The molecule has 1 saturated carbocycles. The van der Waals surface area contributed by atoms with Gasteiger partial charge in [0.1, 0.15) is 23.3 Å². The van der Waals surface area contributed by atoms with Crippen LogP contribution in [0.2, 0.25) is 0 Å². The van der Waals surface area contributed by atoms with Gasteiger partial charge in [-0.15, -0.1) is 0 Å². The van der Waals surface area contributed by atoms with Gasteiger partial charge in [-0.05, 0) is 43.9 Å². The molecule has 9 rings (SSSR count). The number of piperazine rings is 1. The Balaban J connectivity index is 0.796. The summed E-state index contributed by atoms with van der Waals surface area (Å²) < 4.78 is 51.4. The van der Waals surface area contributed by atoms with Crippen LogP contribution in [0.5, 0.6) is 5.75 Å². The first kappa shape index (κ1) is 44.4. The number of hydrogen-bond acceptors (Lipinski definition) is 14. The van der Waals surface area contributed by atoms with Crippen molar-refractivity contribution in [3.8, 4) is 5.75 Å². The van der Waals surface area contributed by atoms with E-state index in [9.17, 15) is 33.6 Å². The number of carbonyl (C=O) groups is 7. The Morgan fingerprint density at radius 3 is 2.44 bits per heavy atom. The van der Waals surface area contributed by atoms with Gasteiger partial charge in [-0.2, -0.15) is 13.8 Å². The number of fused-ring (bicyclic) bond motifs is 2. The SMILES string of the molecule is COc1cc(C(=O)N[C@H]2CCN(C(=O)CN3CCN(c4cccc5c4C(=O)N(C4CCC(=O)NC4=O)C5=O)CC3)C2)c(F)cc1Nc1ncc2c(n1)N(C1CCCC1)CC(F)(F)C(=O)N2C. The molecule has 1 unspecified atom stereocenters. The summed E-state index contributed by atoms with van der Waals surface area (Å²) in [5, 5.41) is 7.92. The molecule has 3 N–H and O–H groups in total. The van der Waals surface area contributed by atoms with Gasteiger partial charge in [-0.1, -0.05) is 18.9 Å². The van der Waals surface area contributed by atoms with Gasteiger partial charge in [0.15, 0.2) is 5.82 Å². The third kappa shape index (κ3) is 8.21. The van der Waals surface area contributed by atoms with E-state index in [-0.39, 0.29) is 83.5 Å². The number of aromatic nitrogens is 2. The first-order valence-electron chi connectivity index (χ1n) is 22.0. The number of benzene rings is 2. The van der Waals surface area contributed by atoms with Crippen molar-refractivity contribution in [3.63, 3.8) is 0 Å². The lowest BCUT2D eigenvalue weighted by atomic mass is 10.0. The number of rotatable bonds is 10. The predicted octanol–water partition coefficient (Wildman–Crippen LogP) is 2.28. The normalized spacial score (nSPS) is 22.4. The van der Waals surface area contributed by atoms with Crippen LogP contribution >= 0.6 is 0 Å². The fourth-order valence-electron chi connectivity index (χ4n) is 9.78. The smallest absolute Gasteiger partial charge is 0.342 e. The number of ether oxygens (including phenoxy) is 1. The standard InChI is InChI=1S/C44H48F3N11O8/c1-53-32-20-48-43(52-37(32)57(25-6-3-4-7-25)23-44(46,47)42(53)65)50-29-19-28(45)27(18-33(29)66-2)38(61)49-24-12-13-56(21-24)35(60)22-54-14-16-55(17-15-54)30-9-5-8-26-36(30)41(64)58(40(26)63)31-10-11-34(59)51-39(31)62/h5,8-9,18-20,24-25,31H,3-4,6-7,10-17,21-23H2,1-2H3,(H,49,61)(H,48,50,52)(H,51,59,62)/t24-,31?/m0/s1. The molecule has 4 fully saturated rings. The molecular formula is C44H48F3N11O8. The summed E-state index contributed by atoms with van der Waals surface area (Å²) in [4.78, 5) is 108. The first-order valence-corrected chi connectivity index (χ1v) is 22.0. The minimum atomic E-state index is -3.66. The number of methoxy groups -OCH3 is 1. The molecule has 6 heterocycles. The number of carbonyl (C=O) groups excluding carboxylic acids is 7. The van der Waals surface area contributed by atoms with Crippen molar-refractivity contribution < 1.29 is 51.5 Å². The number of likely N-dealkylation sites (tertiary alicyclic amines) is 1. The highest BCUT2D eigenvalue weighted by Gasteiger charge is 2.49. The summed E-state index contributed by atoms with van der Waals surface area (Å²) in [7, 11) is 2.58. The number of halogens is 3. The second-order valence-corrected chi connectivity index (χ2v) is 17.4. The third-order valence-corrected chi connectivity index (χ3v) is 13.3. The lowest BCUT2D eigenvalue weighted by molar-refractivity contribution is -0.140. The van der Waals surface area contributed by atoms with Crippen molar-refractivity contribution in [1.82, 2.24) is 35.3 Å². The number of nitrogens with zero attached hydrogens (tertiary/aromatic N) is 8. The summed E-state index contributed by atoms with van der Waals surface area (Å²) in [5.74, 6) is -8.95. The molecule has 22 heteroatoms. The van der Waals surface area contributed by atoms with Gasteiger partial charge in [0.25, 0.3) is 23.6 Å². The van der Waals surface area contributed by atoms with E-state index in [0.717, 1.165) is 28.7 Å². The Bertz CT molecular complexity index is 2530. The lowest BCUT2D eigenvalue weighted by Gasteiger charge is -2.37. The Labute approximate surface area is 376 Å². The van der Waals surface area contributed by atoms with E-state index >= 15 is 13.2 Å². The fraction of sp³-hybridized carbons (Fsp3) is 0.477. The molecule has 6 aliphatic rings. The highest BCUT2D eigenvalue weighted by atomic mass is 19.3. The van der Waals surface area contributed by atoms with E-state index in [1.807, 2.05) is 9.80 Å². The number of nitrogens with one attached hydrogen (secondary N) is 3. The molecule has 2 aromatic carbocycles. The number of alkyl halides is 2. The molecule has 1 aromatic heterocycles. The zero-order valence-corrected chi connectivity index (χ0v) is 36.3. The molecule has 0 spiro atoms. The second-order valence-electron chi connectivity index (χ2n) is 17.4. The van der Waals surface area contributed by atoms with Crippen LogP contribution in [-0.4, -0.2) is 157 Å². The summed E-state index contributed by atoms with van der Waals surface area (Å²) in [5.41, 5.74) is 0.822. The van der Waals surface area contributed by atoms with Gasteiger partial charge in [-0.3, -0.25) is 48.7 Å². The number of piperidine rings is 1. The molecule has 0 radical (unpaired) electrons. The maximum absolute atomic E-state index is 15.7. The topological polar surface area (TPSA) is 210 Å². The molecule has 3 aromatic rings. The maximum Gasteiger partial charge on any atom is 0.342 e. The van der Waals surface area contributed by atoms with Crippen LogP contribution in [-0.2, 0) is 19.2 Å². The molecular weight excluding hydrogens is 868 g/mol. The first-order chi connectivity index (χ1) is 31.6. The average Bonchev–Trinajstić information content (AvgIpc) is 4.05. The highest BCUT2D eigenvalue weighted by molar-refractivity contribution is 6.25. The van der Waals surface area contributed by atoms with Gasteiger partial charge in [0.05, 0.1) is 54.5 Å². The molecule has 7 amide bonds. The van der Waals surface area contributed by atoms with Crippen molar-refractivity contribution in [2.45, 2.75) is 69.0 Å². The summed E-state index contributed by atoms with van der Waals surface area (Å²) >= 11 is 0. The number of anilines is 5. The average molecular weight is 916 g/mol. The Morgan fingerprint density at radius 1 is 0.955 bits per heavy atom. The van der Waals surface area contributed by atoms with Crippen LogP contribution in [0.1, 0.15) is 76.0 Å². The molecule has 348 valence electrons. The maximum atomic E-state index is 15.7. The van der Waals surface area contributed by atoms with Gasteiger partial charge in [-0.25, -0.2) is 9.37 Å². The van der Waals surface area contributed by atoms with E-state index in [1.54, 1.807) is 23.1 Å². The molecule has 5 aliphatic heterocycles. The van der Waals surface area contributed by atoms with Gasteiger partial charge in [0.2, 0.25) is 23.7 Å². The van der Waals surface area contributed by atoms with E-state index in [1.165, 1.54) is 31.3 Å².